The van der Waals surface area contributed by atoms with Crippen LogP contribution in [0.5, 0.6) is 0 Å². The van der Waals surface area contributed by atoms with Crippen molar-refractivity contribution >= 4 is 61.1 Å². The monoisotopic (exact) mass is 1050 g/mol. The van der Waals surface area contributed by atoms with Gasteiger partial charge in [-0.2, -0.15) is 5.26 Å². The van der Waals surface area contributed by atoms with Gasteiger partial charge in [-0.15, -0.1) is 0 Å². The zero-order valence-electron chi connectivity index (χ0n) is 48.9. The smallest absolute Gasteiger partial charge is 0.259 e. The van der Waals surface area contributed by atoms with Gasteiger partial charge in [0.1, 0.15) is 6.61 Å². The molecule has 0 aromatic heterocycles. The average molecular weight is 1050 g/mol. The Morgan fingerprint density at radius 2 is 1.36 bits per heavy atom. The molecule has 0 spiro atoms. The molecule has 5 rings (SSSR count). The lowest BCUT2D eigenvalue weighted by molar-refractivity contribution is -0.134. The molecule has 1 aliphatic rings. The molecule has 0 radical (unpaired) electrons. The summed E-state index contributed by atoms with van der Waals surface area (Å²) in [6, 6.07) is 24.0. The Morgan fingerprint density at radius 3 is 1.90 bits per heavy atom. The molecular weight excluding hydrogens is 953 g/mol. The number of benzene rings is 4. The summed E-state index contributed by atoms with van der Waals surface area (Å²) in [5, 5.41) is 23.1. The Bertz CT molecular complexity index is 2290. The van der Waals surface area contributed by atoms with Crippen molar-refractivity contribution in [1.29, 1.82) is 6.69 Å². The Hall–Kier alpha value is -3.58. The van der Waals surface area contributed by atoms with Crippen LogP contribution in [0.4, 0.5) is 0 Å². The predicted molar refractivity (Wildman–Crippen MR) is 306 cm³/mol. The first-order chi connectivity index (χ1) is 35.8. The highest BCUT2D eigenvalue weighted by molar-refractivity contribution is 7.47. The molecule has 2 amide bonds. The number of likely N-dealkylation sites (tertiary alicyclic amines) is 1. The quantitative estimate of drug-likeness (QED) is 0.0245. The Kier molecular flexibility index (Phi) is 27.1. The second-order valence-electron chi connectivity index (χ2n) is 20.9. The fourth-order valence-electron chi connectivity index (χ4n) is 9.79. The molecule has 1 unspecified atom stereocenters. The van der Waals surface area contributed by atoms with E-state index in [1.54, 1.807) is 0 Å². The molecule has 13 nitrogen and oxygen atoms in total. The maximum absolute atomic E-state index is 13.0. The highest BCUT2D eigenvalue weighted by Crippen LogP contribution is 2.51. The number of nitriles is 1. The SMILES string of the molecule is CC(C)N(C(C)C)P(OCCC#N)N(C(C)C)C(C)C.[2H]CC1(COP(OCC[N+]#[C-])N(C(C)C)C(C)C)CCN(C(=O)CCCCCNC(=O)CCCc2ccc3ccc4cccc5ccc2c3c45)CC1.[3H]OC. The third kappa shape index (κ3) is 19.5. The molecule has 4 aromatic rings. The molecule has 15 heteroatoms. The van der Waals surface area contributed by atoms with E-state index in [1.165, 1.54) is 45.0 Å². The number of hydrogen-bond acceptors (Lipinski definition) is 10. The van der Waals surface area contributed by atoms with Crippen molar-refractivity contribution in [3.63, 3.8) is 0 Å². The normalized spacial score (nSPS) is 14.7. The second kappa shape index (κ2) is 32.8. The van der Waals surface area contributed by atoms with Crippen LogP contribution in [0.2, 0.25) is 0 Å². The topological polar surface area (TPSA) is 135 Å². The van der Waals surface area contributed by atoms with Crippen LogP contribution >= 0.6 is 17.0 Å². The van der Waals surface area contributed by atoms with E-state index in [0.717, 1.165) is 44.9 Å². The van der Waals surface area contributed by atoms with E-state index < -0.39 is 17.0 Å². The van der Waals surface area contributed by atoms with Gasteiger partial charge in [-0.05, 0) is 165 Å². The average Bonchev–Trinajstić information content (AvgIpc) is 3.36. The van der Waals surface area contributed by atoms with Crippen LogP contribution in [0.25, 0.3) is 37.2 Å². The fourth-order valence-corrected chi connectivity index (χ4v) is 13.8. The van der Waals surface area contributed by atoms with Crippen LogP contribution in [0.1, 0.15) is 155 Å². The zero-order chi connectivity index (χ0) is 55.7. The Morgan fingerprint density at radius 1 is 0.795 bits per heavy atom. The number of aryl methyl sites for hydroxylation is 1. The lowest BCUT2D eigenvalue weighted by Gasteiger charge is -2.45. The fraction of sp³-hybridized carbons (Fsp3) is 0.655. The first-order valence-corrected chi connectivity index (χ1v) is 29.1. The van der Waals surface area contributed by atoms with Gasteiger partial charge in [0, 0.05) is 77.2 Å². The van der Waals surface area contributed by atoms with Gasteiger partial charge in [-0.25, -0.2) is 20.6 Å². The van der Waals surface area contributed by atoms with Crippen LogP contribution in [-0.4, -0.2) is 127 Å². The first kappa shape index (κ1) is 60.3. The Balaban J connectivity index is 0.000000541. The van der Waals surface area contributed by atoms with E-state index in [0.29, 0.717) is 89.4 Å². The molecule has 1 fully saturated rings. The number of hydrogen-bond donors (Lipinski definition) is 2. The maximum Gasteiger partial charge on any atom is 0.259 e. The lowest BCUT2D eigenvalue weighted by atomic mass is 9.81. The van der Waals surface area contributed by atoms with Crippen molar-refractivity contribution in [3.8, 4) is 6.07 Å². The van der Waals surface area contributed by atoms with Gasteiger partial charge in [0.15, 0.2) is 8.45 Å². The number of amides is 2. The van der Waals surface area contributed by atoms with E-state index in [1.807, 2.05) is 4.90 Å². The van der Waals surface area contributed by atoms with E-state index in [-0.39, 0.29) is 36.2 Å². The molecule has 2 N–H and O–H groups in total. The number of rotatable bonds is 28. The lowest BCUT2D eigenvalue weighted by Crippen LogP contribution is -2.44. The largest absolute Gasteiger partial charge is 0.400 e. The second-order valence-corrected chi connectivity index (χ2v) is 24.0. The number of piperidine rings is 1. The summed E-state index contributed by atoms with van der Waals surface area (Å²) >= 11 is 0. The van der Waals surface area contributed by atoms with Gasteiger partial charge in [-0.3, -0.25) is 9.59 Å². The first-order valence-electron chi connectivity index (χ1n) is 28.0. The number of unbranched alkanes of at least 4 members (excludes halogenated alkanes) is 2. The predicted octanol–water partition coefficient (Wildman–Crippen LogP) is 13.5. The van der Waals surface area contributed by atoms with Gasteiger partial charge in [-0.1, -0.05) is 67.9 Å². The molecule has 1 heterocycles. The maximum atomic E-state index is 13.0. The van der Waals surface area contributed by atoms with Crippen molar-refractivity contribution in [3.05, 3.63) is 71.6 Å². The Labute approximate surface area is 446 Å². The highest BCUT2D eigenvalue weighted by Gasteiger charge is 2.36. The van der Waals surface area contributed by atoms with Gasteiger partial charge in [0.2, 0.25) is 19.8 Å². The minimum atomic E-state index is -1.34. The summed E-state index contributed by atoms with van der Waals surface area (Å²) in [5.74, 6) is 0.262. The molecule has 0 bridgehead atoms. The summed E-state index contributed by atoms with van der Waals surface area (Å²) in [7, 11) is -0.894. The third-order valence-electron chi connectivity index (χ3n) is 13.1. The van der Waals surface area contributed by atoms with Gasteiger partial charge in [0.05, 0.1) is 25.7 Å². The molecule has 1 saturated heterocycles. The van der Waals surface area contributed by atoms with E-state index in [2.05, 4.69) is 173 Å². The summed E-state index contributed by atoms with van der Waals surface area (Å²) in [4.78, 5) is 31.0. The number of aliphatic hydroxyl groups excluding tert-OH is 1. The zero-order valence-corrected chi connectivity index (χ0v) is 48.7. The van der Waals surface area contributed by atoms with Crippen LogP contribution < -0.4 is 5.32 Å². The van der Waals surface area contributed by atoms with Crippen molar-refractivity contribution in [2.24, 2.45) is 5.41 Å². The molecule has 1 aliphatic heterocycles. The third-order valence-corrected chi connectivity index (χ3v) is 18.2. The minimum absolute atomic E-state index is 0.0904. The van der Waals surface area contributed by atoms with Crippen molar-refractivity contribution in [2.75, 3.05) is 53.1 Å². The summed E-state index contributed by atoms with van der Waals surface area (Å²) < 4.78 is 39.8. The van der Waals surface area contributed by atoms with Gasteiger partial charge < -0.3 is 33.7 Å². The molecule has 0 aliphatic carbocycles. The van der Waals surface area contributed by atoms with E-state index in [9.17, 15) is 9.59 Å². The van der Waals surface area contributed by atoms with E-state index in [4.69, 9.17) is 28.2 Å². The van der Waals surface area contributed by atoms with Gasteiger partial charge in [0.25, 0.3) is 8.53 Å². The van der Waals surface area contributed by atoms with Gasteiger partial charge >= 0.3 is 0 Å². The summed E-state index contributed by atoms with van der Waals surface area (Å²) in [5.41, 5.74) is 0.990. The van der Waals surface area contributed by atoms with Crippen LogP contribution in [0.15, 0.2) is 54.6 Å². The van der Waals surface area contributed by atoms with Crippen LogP contribution in [0.3, 0.4) is 0 Å². The van der Waals surface area contributed by atoms with Crippen molar-refractivity contribution < 1.29 is 29.6 Å². The summed E-state index contributed by atoms with van der Waals surface area (Å²) in [6.45, 7) is 37.0. The number of nitrogens with zero attached hydrogens (tertiary/aromatic N) is 6. The van der Waals surface area contributed by atoms with Crippen molar-refractivity contribution in [1.82, 2.24) is 24.2 Å². The summed E-state index contributed by atoms with van der Waals surface area (Å²) in [6.07, 6.45) is 7.17. The van der Waals surface area contributed by atoms with Crippen LogP contribution in [-0.2, 0) is 29.6 Å². The van der Waals surface area contributed by atoms with Crippen LogP contribution in [0, 0.1) is 23.3 Å². The number of nitrogens with one attached hydrogen (secondary N) is 1. The number of carbonyl (C=O) groups excluding carboxylic acids is 2. The highest BCUT2D eigenvalue weighted by atomic mass is 31.2. The molecule has 0 saturated carbocycles. The number of carbonyl (C=O) groups is 2. The minimum Gasteiger partial charge on any atom is -0.400 e. The molecule has 4 aromatic carbocycles. The van der Waals surface area contributed by atoms with Crippen molar-refractivity contribution in [2.45, 2.75) is 190 Å². The number of aliphatic hydroxyl groups is 1. The molecule has 1 atom stereocenters. The molecule has 73 heavy (non-hydrogen) atoms. The standard InChI is InChI=1S/C42H57N4O4P.C15H32N3OP.CH4O/c1-31(2)46(32(3)4)51(49-29-26-43-6)50-30-42(5)23-27-45(28-24-42)39(48)16-8-7-9-25-44-38(47)15-11-12-33-17-18-36-20-19-34-13-10-14-35-21-22-37(33)41(36)40(34)35;1-12(2)17(13(3)4)20(19-11-9-10-16)18(14(5)6)15(7)8;1-2/h10,13-14,17-22,31-32H,7-9,11-12,15-16,23-30H2,1-5H3,(H,44,47);12-15H,9,11H2,1-8H3;2H,1H3/i5D;;2T. The molecule has 406 valence electrons. The van der Waals surface area contributed by atoms with E-state index >= 15 is 0 Å². The molecular formula is C58H93N7O6P2.